The molecule has 0 aliphatic heterocycles. The number of carbonyl (C=O) groups excluding carboxylic acids is 2. The van der Waals surface area contributed by atoms with Crippen molar-refractivity contribution in [3.05, 3.63) is 70.4 Å². The Kier molecular flexibility index (Phi) is 10.8. The molecule has 2 aromatic carbocycles. The molecule has 12 heteroatoms. The number of esters is 1. The fourth-order valence-electron chi connectivity index (χ4n) is 4.44. The number of benzene rings is 2. The molecule has 1 amide bonds. The number of H-pyrrole nitrogens is 1. The van der Waals surface area contributed by atoms with Crippen molar-refractivity contribution < 1.29 is 37.4 Å². The van der Waals surface area contributed by atoms with Crippen molar-refractivity contribution in [3.8, 4) is 0 Å². The molecule has 1 heterocycles. The van der Waals surface area contributed by atoms with Crippen LogP contribution in [-0.4, -0.2) is 52.7 Å². The van der Waals surface area contributed by atoms with Crippen LogP contribution in [0.2, 0.25) is 5.02 Å². The van der Waals surface area contributed by atoms with Gasteiger partial charge in [0.05, 0.1) is 11.1 Å². The van der Waals surface area contributed by atoms with Gasteiger partial charge in [0.1, 0.15) is 12.1 Å². The van der Waals surface area contributed by atoms with Crippen molar-refractivity contribution in [2.24, 2.45) is 5.92 Å². The van der Waals surface area contributed by atoms with Crippen molar-refractivity contribution >= 4 is 40.3 Å². The summed E-state index contributed by atoms with van der Waals surface area (Å²) in [6.07, 6.45) is -3.14. The van der Waals surface area contributed by atoms with E-state index in [0.29, 0.717) is 29.5 Å². The second kappa shape index (κ2) is 13.9. The zero-order chi connectivity index (χ0) is 30.3. The van der Waals surface area contributed by atoms with Crippen LogP contribution in [0.5, 0.6) is 0 Å². The number of halogens is 4. The van der Waals surface area contributed by atoms with E-state index < -0.39 is 36.2 Å². The number of hydrogen-bond acceptors (Lipinski definition) is 5. The van der Waals surface area contributed by atoms with Crippen LogP contribution >= 0.6 is 11.6 Å². The fraction of sp³-hybridized carbons (Fsp3) is 0.414. The molecule has 1 aromatic heterocycles. The van der Waals surface area contributed by atoms with Crippen LogP contribution in [-0.2, 0) is 20.7 Å². The molecule has 0 bridgehead atoms. The van der Waals surface area contributed by atoms with Gasteiger partial charge in [-0.15, -0.1) is 0 Å². The number of carboxylic acid groups (broad SMARTS) is 1. The van der Waals surface area contributed by atoms with Crippen LogP contribution in [0.4, 0.5) is 13.2 Å². The van der Waals surface area contributed by atoms with Crippen molar-refractivity contribution in [1.82, 2.24) is 15.6 Å². The molecule has 41 heavy (non-hydrogen) atoms. The molecule has 8 nitrogen and oxygen atoms in total. The van der Waals surface area contributed by atoms with E-state index >= 15 is 0 Å². The summed E-state index contributed by atoms with van der Waals surface area (Å²) in [5.74, 6) is -3.79. The number of para-hydroxylation sites is 1. The highest BCUT2D eigenvalue weighted by Gasteiger charge is 2.42. The Balaban J connectivity index is 1.73. The first-order chi connectivity index (χ1) is 19.3. The summed E-state index contributed by atoms with van der Waals surface area (Å²) in [4.78, 5) is 39.4. The lowest BCUT2D eigenvalue weighted by Gasteiger charge is -2.22. The molecule has 0 fully saturated rings. The van der Waals surface area contributed by atoms with Gasteiger partial charge in [-0.1, -0.05) is 56.1 Å². The summed E-state index contributed by atoms with van der Waals surface area (Å²) in [7, 11) is 0. The molecule has 0 spiro atoms. The number of aromatic amines is 1. The van der Waals surface area contributed by atoms with E-state index in [1.54, 1.807) is 30.5 Å². The minimum atomic E-state index is -5.14. The number of alkyl halides is 3. The Morgan fingerprint density at radius 3 is 2.46 bits per heavy atom. The number of carbonyl (C=O) groups is 3. The number of amides is 1. The van der Waals surface area contributed by atoms with E-state index in [0.717, 1.165) is 17.4 Å². The Morgan fingerprint density at radius 2 is 1.83 bits per heavy atom. The lowest BCUT2D eigenvalue weighted by Crippen LogP contribution is -2.41. The zero-order valence-corrected chi connectivity index (χ0v) is 23.6. The molecule has 0 aliphatic rings. The standard InChI is InChI=1S/C29H33ClF3N3O5/c1-4-16(2)11-23(27(38)39)36-26(37)22-10-6-9-21-19(14-35-25(21)22)12-17(3)34-15-24(41-28(40)29(31,32)33)18-7-5-8-20(30)13-18/h5-10,13-14,16-17,23-24,34-35H,4,11-12,15H2,1-3H3,(H,36,37)(H,38,39)/t16?,17-,23+,24-/m1/s1. The van der Waals surface area contributed by atoms with Gasteiger partial charge in [-0.05, 0) is 55.0 Å². The highest BCUT2D eigenvalue weighted by atomic mass is 35.5. The van der Waals surface area contributed by atoms with Gasteiger partial charge in [-0.25, -0.2) is 9.59 Å². The molecule has 3 rings (SSSR count). The third-order valence-electron chi connectivity index (χ3n) is 6.86. The van der Waals surface area contributed by atoms with Crippen molar-refractivity contribution in [1.29, 1.82) is 0 Å². The molecule has 3 aromatic rings. The molecule has 222 valence electrons. The number of rotatable bonds is 13. The molecule has 1 unspecified atom stereocenters. The van der Waals surface area contributed by atoms with Crippen LogP contribution in [0.3, 0.4) is 0 Å². The van der Waals surface area contributed by atoms with Crippen LogP contribution < -0.4 is 10.6 Å². The van der Waals surface area contributed by atoms with Gasteiger partial charge in [0.2, 0.25) is 0 Å². The number of fused-ring (bicyclic) bond motifs is 1. The number of carboxylic acids is 1. The molecule has 0 aliphatic carbocycles. The normalized spacial score (nSPS) is 14.7. The van der Waals surface area contributed by atoms with Gasteiger partial charge in [-0.3, -0.25) is 4.79 Å². The maximum Gasteiger partial charge on any atom is 0.490 e. The summed E-state index contributed by atoms with van der Waals surface area (Å²) in [6, 6.07) is 9.90. The van der Waals surface area contributed by atoms with E-state index in [2.05, 4.69) is 15.6 Å². The monoisotopic (exact) mass is 595 g/mol. The highest BCUT2D eigenvalue weighted by Crippen LogP contribution is 2.27. The quantitative estimate of drug-likeness (QED) is 0.185. The van der Waals surface area contributed by atoms with Crippen molar-refractivity contribution in [3.63, 3.8) is 0 Å². The van der Waals surface area contributed by atoms with Crippen LogP contribution in [0.25, 0.3) is 10.9 Å². The number of aromatic nitrogens is 1. The third-order valence-corrected chi connectivity index (χ3v) is 7.10. The number of aliphatic carboxylic acids is 1. The van der Waals surface area contributed by atoms with E-state index in [1.165, 1.54) is 12.1 Å². The second-order valence-electron chi connectivity index (χ2n) is 10.1. The second-order valence-corrected chi connectivity index (χ2v) is 10.6. The fourth-order valence-corrected chi connectivity index (χ4v) is 4.64. The molecular weight excluding hydrogens is 563 g/mol. The summed E-state index contributed by atoms with van der Waals surface area (Å²) >= 11 is 5.99. The minimum absolute atomic E-state index is 0.105. The van der Waals surface area contributed by atoms with E-state index in [1.807, 2.05) is 26.8 Å². The first kappa shape index (κ1) is 32.0. The average molecular weight is 596 g/mol. The van der Waals surface area contributed by atoms with Gasteiger partial charge >= 0.3 is 18.1 Å². The minimum Gasteiger partial charge on any atom is -0.480 e. The number of ether oxygens (including phenoxy) is 1. The number of hydrogen-bond donors (Lipinski definition) is 4. The molecule has 0 saturated heterocycles. The van der Waals surface area contributed by atoms with E-state index in [4.69, 9.17) is 16.3 Å². The lowest BCUT2D eigenvalue weighted by molar-refractivity contribution is -0.205. The van der Waals surface area contributed by atoms with E-state index in [-0.39, 0.29) is 23.5 Å². The van der Waals surface area contributed by atoms with Crippen molar-refractivity contribution in [2.45, 2.75) is 64.4 Å². The van der Waals surface area contributed by atoms with Gasteiger partial charge < -0.3 is 25.5 Å². The number of nitrogens with one attached hydrogen (secondary N) is 3. The topological polar surface area (TPSA) is 121 Å². The summed E-state index contributed by atoms with van der Waals surface area (Å²) < 4.78 is 43.4. The average Bonchev–Trinajstić information content (AvgIpc) is 3.32. The zero-order valence-electron chi connectivity index (χ0n) is 22.8. The molecule has 0 radical (unpaired) electrons. The van der Waals surface area contributed by atoms with Crippen LogP contribution in [0, 0.1) is 5.92 Å². The lowest BCUT2D eigenvalue weighted by atomic mass is 9.98. The SMILES string of the molecule is CCC(C)C[C@H](NC(=O)c1cccc2c(C[C@@H](C)NC[C@@H](OC(=O)C(F)(F)F)c3cccc(Cl)c3)c[nH]c12)C(=O)O. The molecular formula is C29H33ClF3N3O5. The summed E-state index contributed by atoms with van der Waals surface area (Å²) in [5, 5.41) is 16.3. The summed E-state index contributed by atoms with van der Waals surface area (Å²) in [5.41, 5.74) is 1.97. The molecule has 0 saturated carbocycles. The Labute approximate surface area is 240 Å². The maximum absolute atomic E-state index is 13.0. The largest absolute Gasteiger partial charge is 0.490 e. The van der Waals surface area contributed by atoms with Crippen LogP contribution in [0.15, 0.2) is 48.7 Å². The van der Waals surface area contributed by atoms with E-state index in [9.17, 15) is 32.7 Å². The summed E-state index contributed by atoms with van der Waals surface area (Å²) in [6.45, 7) is 5.59. The smallest absolute Gasteiger partial charge is 0.480 e. The first-order valence-corrected chi connectivity index (χ1v) is 13.6. The first-order valence-electron chi connectivity index (χ1n) is 13.2. The Bertz CT molecular complexity index is 1380. The third kappa shape index (κ3) is 8.71. The Morgan fingerprint density at radius 1 is 1.12 bits per heavy atom. The predicted octanol–water partition coefficient (Wildman–Crippen LogP) is 5.81. The predicted molar refractivity (Wildman–Crippen MR) is 149 cm³/mol. The van der Waals surface area contributed by atoms with Crippen molar-refractivity contribution in [2.75, 3.05) is 6.54 Å². The van der Waals surface area contributed by atoms with Gasteiger partial charge in [-0.2, -0.15) is 13.2 Å². The maximum atomic E-state index is 13.0. The molecule has 4 atom stereocenters. The van der Waals surface area contributed by atoms with Crippen LogP contribution in [0.1, 0.15) is 61.2 Å². The molecule has 4 N–H and O–H groups in total. The van der Waals surface area contributed by atoms with Gasteiger partial charge in [0.25, 0.3) is 5.91 Å². The Hall–Kier alpha value is -3.57. The van der Waals surface area contributed by atoms with Gasteiger partial charge in [0, 0.05) is 29.2 Å². The highest BCUT2D eigenvalue weighted by molar-refractivity contribution is 6.30. The van der Waals surface area contributed by atoms with Gasteiger partial charge in [0.15, 0.2) is 0 Å².